The predicted molar refractivity (Wildman–Crippen MR) is 322 cm³/mol. The van der Waals surface area contributed by atoms with E-state index in [-0.39, 0.29) is 39.3 Å². The number of fused-ring (bicyclic) bond motifs is 10. The van der Waals surface area contributed by atoms with Crippen LogP contribution in [0.3, 0.4) is 0 Å². The Kier molecular flexibility index (Phi) is 10.3. The van der Waals surface area contributed by atoms with E-state index < -0.39 is 0 Å². The van der Waals surface area contributed by atoms with Gasteiger partial charge in [0.2, 0.25) is 0 Å². The van der Waals surface area contributed by atoms with Crippen molar-refractivity contribution in [3.63, 3.8) is 0 Å². The first-order valence-corrected chi connectivity index (χ1v) is 28.0. The summed E-state index contributed by atoms with van der Waals surface area (Å²) in [5.41, 5.74) is 27.0. The van der Waals surface area contributed by atoms with Gasteiger partial charge < -0.3 is 14.7 Å². The highest BCUT2D eigenvalue weighted by Crippen LogP contribution is 2.62. The van der Waals surface area contributed by atoms with Crippen molar-refractivity contribution in [3.8, 4) is 22.3 Å². The van der Waals surface area contributed by atoms with Crippen LogP contribution in [0.2, 0.25) is 0 Å². The van der Waals surface area contributed by atoms with Crippen LogP contribution in [-0.2, 0) is 27.1 Å². The van der Waals surface area contributed by atoms with E-state index in [1.54, 1.807) is 0 Å². The number of rotatable bonds is 4. The molecule has 0 radical (unpaired) electrons. The summed E-state index contributed by atoms with van der Waals surface area (Å²) in [6.07, 6.45) is 4.77. The van der Waals surface area contributed by atoms with Crippen LogP contribution in [-0.4, -0.2) is 12.3 Å². The van der Waals surface area contributed by atoms with Gasteiger partial charge in [0.05, 0.1) is 11.2 Å². The molecule has 1 saturated carbocycles. The molecule has 4 heteroatoms. The summed E-state index contributed by atoms with van der Waals surface area (Å²) in [4.78, 5) is 8.22. The lowest BCUT2D eigenvalue weighted by atomic mass is 9.33. The fourth-order valence-corrected chi connectivity index (χ4v) is 14.6. The molecule has 0 bridgehead atoms. The summed E-state index contributed by atoms with van der Waals surface area (Å²) in [6.45, 7) is 31.2. The monoisotopic (exact) mass is 980 g/mol. The Hall–Kier alpha value is -6.78. The molecular weight excluding hydrogens is 906 g/mol. The third-order valence-electron chi connectivity index (χ3n) is 19.1. The normalized spacial score (nSPS) is 20.0. The molecule has 2 unspecified atom stereocenters. The summed E-state index contributed by atoms with van der Waals surface area (Å²) in [6, 6.07) is 64.6. The number of para-hydroxylation sites is 1. The number of hydrogen-bond acceptors (Lipinski definition) is 3. The minimum absolute atomic E-state index is 0.0108. The molecule has 0 saturated heterocycles. The van der Waals surface area contributed by atoms with Gasteiger partial charge >= 0.3 is 0 Å². The topological polar surface area (TPSA) is 9.72 Å². The second-order valence-corrected chi connectivity index (χ2v) is 27.0. The molecule has 8 aromatic rings. The Morgan fingerprint density at radius 2 is 1.01 bits per heavy atom. The van der Waals surface area contributed by atoms with E-state index in [0.29, 0.717) is 0 Å². The molecular formula is C71H74BN3. The van der Waals surface area contributed by atoms with Crippen LogP contribution in [0.15, 0.2) is 164 Å². The molecule has 2 atom stereocenters. The lowest BCUT2D eigenvalue weighted by molar-refractivity contribution is 0.195. The molecule has 3 nitrogen and oxygen atoms in total. The van der Waals surface area contributed by atoms with Crippen molar-refractivity contribution in [2.45, 2.75) is 148 Å². The first-order valence-electron chi connectivity index (χ1n) is 28.0. The van der Waals surface area contributed by atoms with Crippen LogP contribution in [0, 0.1) is 0 Å². The number of anilines is 8. The molecule has 2 aliphatic carbocycles. The van der Waals surface area contributed by atoms with E-state index in [4.69, 9.17) is 0 Å². The van der Waals surface area contributed by atoms with E-state index >= 15 is 0 Å². The van der Waals surface area contributed by atoms with Crippen LogP contribution in [0.1, 0.15) is 149 Å². The zero-order chi connectivity index (χ0) is 52.4. The van der Waals surface area contributed by atoms with Crippen molar-refractivity contribution in [1.82, 2.24) is 0 Å². The summed E-state index contributed by atoms with van der Waals surface area (Å²) in [5, 5.41) is 0. The standard InChI is InChI=1S/C71H74BN3/c1-66(2,3)46-26-23-27-49(38-46)73-61-40-48(68(7,8)9)32-34-57(61)72-58-43-53-51-28-17-18-29-54(51)69(10,11)56(53)44-62(58)74(59-35-33-47(67(4,5)6)39-52(59)45-24-15-14-16-25-45)64-42-50(41-63(73)65(64)72)75-60-31-20-19-30-55(60)70(12)36-21-22-37-71(70,75)13/h14-20,23-35,38-44H,21-22,36-37H2,1-13H3. The summed E-state index contributed by atoms with van der Waals surface area (Å²) >= 11 is 0. The van der Waals surface area contributed by atoms with Crippen molar-refractivity contribution in [2.75, 3.05) is 14.7 Å². The average molecular weight is 980 g/mol. The molecule has 5 aliphatic rings. The number of nitrogens with zero attached hydrogens (tertiary/aromatic N) is 3. The molecule has 0 N–H and O–H groups in total. The van der Waals surface area contributed by atoms with Crippen molar-refractivity contribution in [3.05, 3.63) is 197 Å². The molecule has 0 spiro atoms. The molecule has 3 aliphatic heterocycles. The SMILES string of the molecule is CC(C)(C)c1cccc(N2c3cc(C(C)(C)C)ccc3B3c4cc5c(cc4N(c4ccc(C(C)(C)C)cc4-c4ccccc4)c4cc(N6c7ccccc7C7(C)CCCCC67C)cc2c43)C(C)(C)c2ccccc2-5)c1. The van der Waals surface area contributed by atoms with Gasteiger partial charge in [0.15, 0.2) is 0 Å². The Balaban J connectivity index is 1.21. The first-order chi connectivity index (χ1) is 35.6. The minimum Gasteiger partial charge on any atom is -0.334 e. The maximum Gasteiger partial charge on any atom is 0.252 e. The molecule has 0 aromatic heterocycles. The molecule has 3 heterocycles. The quantitative estimate of drug-likeness (QED) is 0.163. The Labute approximate surface area is 448 Å². The van der Waals surface area contributed by atoms with Crippen LogP contribution in [0.4, 0.5) is 45.5 Å². The van der Waals surface area contributed by atoms with Gasteiger partial charge in [-0.2, -0.15) is 0 Å². The lowest BCUT2D eigenvalue weighted by Crippen LogP contribution is -2.61. The smallest absolute Gasteiger partial charge is 0.252 e. The highest BCUT2D eigenvalue weighted by atomic mass is 15.3. The van der Waals surface area contributed by atoms with Crippen LogP contribution in [0.25, 0.3) is 22.3 Å². The fourth-order valence-electron chi connectivity index (χ4n) is 14.6. The van der Waals surface area contributed by atoms with Gasteiger partial charge in [0.25, 0.3) is 6.71 Å². The van der Waals surface area contributed by atoms with E-state index in [1.165, 1.54) is 137 Å². The fraction of sp³-hybridized carbons (Fsp3) is 0.324. The third-order valence-corrected chi connectivity index (χ3v) is 19.1. The first kappa shape index (κ1) is 47.9. The highest BCUT2D eigenvalue weighted by Gasteiger charge is 2.58. The van der Waals surface area contributed by atoms with Gasteiger partial charge in [-0.1, -0.05) is 205 Å². The van der Waals surface area contributed by atoms with Crippen molar-refractivity contribution in [1.29, 1.82) is 0 Å². The van der Waals surface area contributed by atoms with Crippen molar-refractivity contribution >= 4 is 68.6 Å². The van der Waals surface area contributed by atoms with Gasteiger partial charge in [-0.15, -0.1) is 0 Å². The maximum absolute atomic E-state index is 2.81. The molecule has 75 heavy (non-hydrogen) atoms. The predicted octanol–water partition coefficient (Wildman–Crippen LogP) is 17.4. The van der Waals surface area contributed by atoms with Gasteiger partial charge in [0.1, 0.15) is 0 Å². The van der Waals surface area contributed by atoms with Crippen LogP contribution in [0.5, 0.6) is 0 Å². The number of hydrogen-bond donors (Lipinski definition) is 0. The second-order valence-electron chi connectivity index (χ2n) is 27.0. The van der Waals surface area contributed by atoms with Gasteiger partial charge in [0, 0.05) is 56.2 Å². The van der Waals surface area contributed by atoms with Gasteiger partial charge in [-0.25, -0.2) is 0 Å². The van der Waals surface area contributed by atoms with Crippen molar-refractivity contribution < 1.29 is 0 Å². The van der Waals surface area contributed by atoms with E-state index in [1.807, 2.05) is 0 Å². The zero-order valence-corrected chi connectivity index (χ0v) is 46.8. The highest BCUT2D eigenvalue weighted by molar-refractivity contribution is 7.00. The van der Waals surface area contributed by atoms with E-state index in [9.17, 15) is 0 Å². The Morgan fingerprint density at radius 1 is 0.400 bits per heavy atom. The summed E-state index contributed by atoms with van der Waals surface area (Å²) in [7, 11) is 0. The molecule has 13 rings (SSSR count). The van der Waals surface area contributed by atoms with Gasteiger partial charge in [-0.05, 0) is 157 Å². The summed E-state index contributed by atoms with van der Waals surface area (Å²) < 4.78 is 0. The third kappa shape index (κ3) is 6.92. The lowest BCUT2D eigenvalue weighted by Gasteiger charge is -2.51. The molecule has 376 valence electrons. The van der Waals surface area contributed by atoms with Crippen LogP contribution >= 0.6 is 0 Å². The minimum atomic E-state index is -0.196. The van der Waals surface area contributed by atoms with Crippen LogP contribution < -0.4 is 31.1 Å². The molecule has 8 aromatic carbocycles. The largest absolute Gasteiger partial charge is 0.334 e. The maximum atomic E-state index is 2.81. The summed E-state index contributed by atoms with van der Waals surface area (Å²) in [5.74, 6) is 0. The van der Waals surface area contributed by atoms with E-state index in [0.717, 1.165) is 6.42 Å². The Bertz CT molecular complexity index is 3660. The van der Waals surface area contributed by atoms with Crippen molar-refractivity contribution in [2.24, 2.45) is 0 Å². The molecule has 1 fully saturated rings. The number of benzene rings is 8. The molecule has 0 amide bonds. The van der Waals surface area contributed by atoms with Gasteiger partial charge in [-0.3, -0.25) is 0 Å². The second kappa shape index (κ2) is 16.1. The zero-order valence-electron chi connectivity index (χ0n) is 46.8. The van der Waals surface area contributed by atoms with E-state index in [2.05, 4.69) is 269 Å². The average Bonchev–Trinajstić information content (AvgIpc) is 3.80. The Morgan fingerprint density at radius 3 is 1.75 bits per heavy atom.